The van der Waals surface area contributed by atoms with Gasteiger partial charge in [-0.05, 0) is 35.1 Å². The zero-order valence-corrected chi connectivity index (χ0v) is 11.4. The Labute approximate surface area is 114 Å². The van der Waals surface area contributed by atoms with Crippen LogP contribution in [-0.2, 0) is 0 Å². The average molecular weight is 253 g/mol. The molecular weight excluding hydrogens is 234 g/mol. The van der Waals surface area contributed by atoms with E-state index in [0.29, 0.717) is 11.5 Å². The van der Waals surface area contributed by atoms with E-state index in [0.717, 1.165) is 23.1 Å². The third kappa shape index (κ3) is 2.68. The lowest BCUT2D eigenvalue weighted by Crippen LogP contribution is -2.15. The highest BCUT2D eigenvalue weighted by atomic mass is 16.1. The van der Waals surface area contributed by atoms with Crippen LogP contribution < -0.4 is 5.73 Å². The summed E-state index contributed by atoms with van der Waals surface area (Å²) in [5.74, 6) is -0.0491. The highest BCUT2D eigenvalue weighted by Gasteiger charge is 2.17. The molecule has 1 amide bonds. The second-order valence-corrected chi connectivity index (χ2v) is 4.81. The third-order valence-electron chi connectivity index (χ3n) is 3.56. The first-order valence-corrected chi connectivity index (χ1v) is 6.63. The van der Waals surface area contributed by atoms with Crippen molar-refractivity contribution in [2.45, 2.75) is 26.2 Å². The summed E-state index contributed by atoms with van der Waals surface area (Å²) in [5, 5.41) is 0. The fraction of sp³-hybridized carbons (Fsp3) is 0.235. The average Bonchev–Trinajstić information content (AvgIpc) is 2.46. The predicted molar refractivity (Wildman–Crippen MR) is 79.1 cm³/mol. The topological polar surface area (TPSA) is 43.1 Å². The molecular formula is C17H19NO. The van der Waals surface area contributed by atoms with Crippen LogP contribution in [0.4, 0.5) is 0 Å². The van der Waals surface area contributed by atoms with Gasteiger partial charge in [-0.3, -0.25) is 4.79 Å². The first-order chi connectivity index (χ1) is 9.15. The van der Waals surface area contributed by atoms with Crippen molar-refractivity contribution in [1.82, 2.24) is 0 Å². The molecule has 0 aliphatic heterocycles. The molecule has 0 fully saturated rings. The van der Waals surface area contributed by atoms with E-state index in [1.54, 1.807) is 0 Å². The van der Waals surface area contributed by atoms with Crippen LogP contribution in [0.1, 0.15) is 42.1 Å². The van der Waals surface area contributed by atoms with Gasteiger partial charge in [0.1, 0.15) is 0 Å². The number of carbonyl (C=O) groups is 1. The number of hydrogen-bond acceptors (Lipinski definition) is 1. The maximum Gasteiger partial charge on any atom is 0.249 e. The molecule has 0 spiro atoms. The molecule has 2 rings (SSSR count). The van der Waals surface area contributed by atoms with Gasteiger partial charge >= 0.3 is 0 Å². The largest absolute Gasteiger partial charge is 0.366 e. The van der Waals surface area contributed by atoms with E-state index in [9.17, 15) is 4.79 Å². The molecule has 0 bridgehead atoms. The maximum absolute atomic E-state index is 11.6. The van der Waals surface area contributed by atoms with Gasteiger partial charge in [-0.2, -0.15) is 0 Å². The Morgan fingerprint density at radius 1 is 1.11 bits per heavy atom. The number of amides is 1. The van der Waals surface area contributed by atoms with Crippen molar-refractivity contribution < 1.29 is 4.79 Å². The Balaban J connectivity index is 2.67. The van der Waals surface area contributed by atoms with Crippen LogP contribution in [0.5, 0.6) is 0 Å². The van der Waals surface area contributed by atoms with E-state index in [4.69, 9.17) is 5.73 Å². The van der Waals surface area contributed by atoms with E-state index in [-0.39, 0.29) is 5.91 Å². The fourth-order valence-corrected chi connectivity index (χ4v) is 2.38. The monoisotopic (exact) mass is 253 g/mol. The molecule has 1 unspecified atom stereocenters. The second kappa shape index (κ2) is 5.70. The molecule has 2 aromatic rings. The molecule has 98 valence electrons. The van der Waals surface area contributed by atoms with E-state index in [1.807, 2.05) is 30.3 Å². The minimum Gasteiger partial charge on any atom is -0.366 e. The van der Waals surface area contributed by atoms with E-state index < -0.39 is 0 Å². The van der Waals surface area contributed by atoms with Crippen LogP contribution in [0.3, 0.4) is 0 Å². The van der Waals surface area contributed by atoms with Crippen molar-refractivity contribution in [3.63, 3.8) is 0 Å². The van der Waals surface area contributed by atoms with Crippen molar-refractivity contribution in [1.29, 1.82) is 0 Å². The number of primary amides is 1. The quantitative estimate of drug-likeness (QED) is 0.880. The summed E-state index contributed by atoms with van der Waals surface area (Å²) in [7, 11) is 0. The summed E-state index contributed by atoms with van der Waals surface area (Å²) in [6.45, 7) is 4.26. The van der Waals surface area contributed by atoms with Crippen molar-refractivity contribution in [2.75, 3.05) is 0 Å². The molecule has 0 saturated carbocycles. The molecule has 0 aliphatic carbocycles. The first kappa shape index (κ1) is 13.3. The van der Waals surface area contributed by atoms with Crippen LogP contribution in [0.15, 0.2) is 48.5 Å². The molecule has 19 heavy (non-hydrogen) atoms. The van der Waals surface area contributed by atoms with Gasteiger partial charge in [0.2, 0.25) is 5.91 Å². The van der Waals surface area contributed by atoms with Crippen molar-refractivity contribution in [3.8, 4) is 11.1 Å². The Hall–Kier alpha value is -2.09. The number of rotatable bonds is 4. The van der Waals surface area contributed by atoms with Crippen LogP contribution in [0.2, 0.25) is 0 Å². The summed E-state index contributed by atoms with van der Waals surface area (Å²) < 4.78 is 0. The number of benzene rings is 2. The third-order valence-corrected chi connectivity index (χ3v) is 3.56. The molecule has 2 nitrogen and oxygen atoms in total. The van der Waals surface area contributed by atoms with Crippen LogP contribution in [0.25, 0.3) is 11.1 Å². The molecule has 0 aliphatic rings. The summed E-state index contributed by atoms with van der Waals surface area (Å²) in [4.78, 5) is 11.6. The normalized spacial score (nSPS) is 12.1. The SMILES string of the molecule is CCC(C)c1c(C(N)=O)cccc1-c1ccccc1. The zero-order valence-electron chi connectivity index (χ0n) is 11.4. The summed E-state index contributed by atoms with van der Waals surface area (Å²) in [6, 6.07) is 15.9. The lowest BCUT2D eigenvalue weighted by atomic mass is 9.86. The first-order valence-electron chi connectivity index (χ1n) is 6.63. The number of carbonyl (C=O) groups excluding carboxylic acids is 1. The van der Waals surface area contributed by atoms with Crippen molar-refractivity contribution in [2.24, 2.45) is 5.73 Å². The van der Waals surface area contributed by atoms with E-state index in [2.05, 4.69) is 32.0 Å². The lowest BCUT2D eigenvalue weighted by molar-refractivity contribution is 0.0999. The van der Waals surface area contributed by atoms with E-state index >= 15 is 0 Å². The van der Waals surface area contributed by atoms with E-state index in [1.165, 1.54) is 0 Å². The van der Waals surface area contributed by atoms with Gasteiger partial charge in [0.15, 0.2) is 0 Å². The van der Waals surface area contributed by atoms with Gasteiger partial charge in [-0.15, -0.1) is 0 Å². The van der Waals surface area contributed by atoms with Gasteiger partial charge in [0, 0.05) is 5.56 Å². The van der Waals surface area contributed by atoms with Gasteiger partial charge in [0.25, 0.3) is 0 Å². The molecule has 0 saturated heterocycles. The predicted octanol–water partition coefficient (Wildman–Crippen LogP) is 3.97. The Morgan fingerprint density at radius 3 is 2.37 bits per heavy atom. The molecule has 0 radical (unpaired) electrons. The maximum atomic E-state index is 11.6. The fourth-order valence-electron chi connectivity index (χ4n) is 2.38. The summed E-state index contributed by atoms with van der Waals surface area (Å²) >= 11 is 0. The van der Waals surface area contributed by atoms with Gasteiger partial charge in [0.05, 0.1) is 0 Å². The Kier molecular flexibility index (Phi) is 4.00. The standard InChI is InChI=1S/C17H19NO/c1-3-12(2)16-14(13-8-5-4-6-9-13)10-7-11-15(16)17(18)19/h4-12H,3H2,1-2H3,(H2,18,19). The van der Waals surface area contributed by atoms with Crippen molar-refractivity contribution >= 4 is 5.91 Å². The van der Waals surface area contributed by atoms with Gasteiger partial charge in [-0.1, -0.05) is 56.3 Å². The van der Waals surface area contributed by atoms with Gasteiger partial charge in [-0.25, -0.2) is 0 Å². The lowest BCUT2D eigenvalue weighted by Gasteiger charge is -2.18. The van der Waals surface area contributed by atoms with Crippen LogP contribution in [-0.4, -0.2) is 5.91 Å². The summed E-state index contributed by atoms with van der Waals surface area (Å²) in [5.41, 5.74) is 9.44. The minimum absolute atomic E-state index is 0.305. The summed E-state index contributed by atoms with van der Waals surface area (Å²) in [6.07, 6.45) is 0.976. The van der Waals surface area contributed by atoms with Crippen molar-refractivity contribution in [3.05, 3.63) is 59.7 Å². The molecule has 2 aromatic carbocycles. The highest BCUT2D eigenvalue weighted by molar-refractivity contribution is 5.96. The van der Waals surface area contributed by atoms with Crippen LogP contribution >= 0.6 is 0 Å². The van der Waals surface area contributed by atoms with Crippen LogP contribution in [0, 0.1) is 0 Å². The zero-order chi connectivity index (χ0) is 13.8. The second-order valence-electron chi connectivity index (χ2n) is 4.81. The number of hydrogen-bond donors (Lipinski definition) is 1. The highest BCUT2D eigenvalue weighted by Crippen LogP contribution is 2.33. The molecule has 1 atom stereocenters. The molecule has 2 heteroatoms. The molecule has 0 heterocycles. The minimum atomic E-state index is -0.354. The molecule has 0 aromatic heterocycles. The Morgan fingerprint density at radius 2 is 1.79 bits per heavy atom. The molecule has 2 N–H and O–H groups in total. The smallest absolute Gasteiger partial charge is 0.249 e. The Bertz CT molecular complexity index is 575. The number of nitrogens with two attached hydrogens (primary N) is 1. The van der Waals surface area contributed by atoms with Gasteiger partial charge < -0.3 is 5.73 Å².